The SMILES string of the molecule is COCCNC(=O)C(C)Nc1ccc(N)c(N)n1. The molecule has 0 aliphatic heterocycles. The Morgan fingerprint density at radius 1 is 1.50 bits per heavy atom. The first kappa shape index (κ1) is 14.0. The van der Waals surface area contributed by atoms with Crippen LogP contribution in [0.4, 0.5) is 17.3 Å². The van der Waals surface area contributed by atoms with Gasteiger partial charge in [-0.25, -0.2) is 4.98 Å². The summed E-state index contributed by atoms with van der Waals surface area (Å²) < 4.78 is 4.84. The van der Waals surface area contributed by atoms with Crippen LogP contribution in [0.5, 0.6) is 0 Å². The monoisotopic (exact) mass is 253 g/mol. The normalized spacial score (nSPS) is 11.9. The molecule has 18 heavy (non-hydrogen) atoms. The lowest BCUT2D eigenvalue weighted by Gasteiger charge is -2.15. The van der Waals surface area contributed by atoms with E-state index in [0.29, 0.717) is 24.7 Å². The van der Waals surface area contributed by atoms with Gasteiger partial charge in [-0.1, -0.05) is 0 Å². The summed E-state index contributed by atoms with van der Waals surface area (Å²) in [5.41, 5.74) is 11.5. The molecule has 1 aromatic rings. The Morgan fingerprint density at radius 3 is 2.83 bits per heavy atom. The first-order chi connectivity index (χ1) is 8.54. The van der Waals surface area contributed by atoms with Crippen LogP contribution in [0.3, 0.4) is 0 Å². The first-order valence-electron chi connectivity index (χ1n) is 5.59. The lowest BCUT2D eigenvalue weighted by atomic mass is 10.3. The van der Waals surface area contributed by atoms with Crippen LogP contribution in [-0.2, 0) is 9.53 Å². The number of hydrogen-bond donors (Lipinski definition) is 4. The predicted octanol–water partition coefficient (Wildman–Crippen LogP) is -0.191. The van der Waals surface area contributed by atoms with Crippen LogP contribution in [-0.4, -0.2) is 37.2 Å². The third-order valence-electron chi connectivity index (χ3n) is 2.32. The molecule has 7 nitrogen and oxygen atoms in total. The highest BCUT2D eigenvalue weighted by atomic mass is 16.5. The molecule has 7 heteroatoms. The number of carbonyl (C=O) groups excluding carboxylic acids is 1. The largest absolute Gasteiger partial charge is 0.396 e. The van der Waals surface area contributed by atoms with Crippen molar-refractivity contribution >= 4 is 23.2 Å². The molecule has 1 heterocycles. The first-order valence-corrected chi connectivity index (χ1v) is 5.59. The van der Waals surface area contributed by atoms with Gasteiger partial charge in [-0.05, 0) is 19.1 Å². The highest BCUT2D eigenvalue weighted by molar-refractivity contribution is 5.84. The maximum atomic E-state index is 11.7. The van der Waals surface area contributed by atoms with Crippen molar-refractivity contribution in [1.82, 2.24) is 10.3 Å². The van der Waals surface area contributed by atoms with Gasteiger partial charge < -0.3 is 26.8 Å². The lowest BCUT2D eigenvalue weighted by molar-refractivity contribution is -0.121. The van der Waals surface area contributed by atoms with E-state index in [2.05, 4.69) is 15.6 Å². The van der Waals surface area contributed by atoms with Gasteiger partial charge in [-0.3, -0.25) is 4.79 Å². The van der Waals surface area contributed by atoms with Gasteiger partial charge in [0.1, 0.15) is 17.7 Å². The van der Waals surface area contributed by atoms with Gasteiger partial charge in [0.05, 0.1) is 12.3 Å². The number of anilines is 3. The van der Waals surface area contributed by atoms with E-state index in [0.717, 1.165) is 0 Å². The zero-order valence-electron chi connectivity index (χ0n) is 10.6. The maximum absolute atomic E-state index is 11.7. The van der Waals surface area contributed by atoms with Gasteiger partial charge in [-0.15, -0.1) is 0 Å². The highest BCUT2D eigenvalue weighted by Crippen LogP contribution is 2.15. The number of nitrogens with two attached hydrogens (primary N) is 2. The predicted molar refractivity (Wildman–Crippen MR) is 71.0 cm³/mol. The molecule has 1 unspecified atom stereocenters. The topological polar surface area (TPSA) is 115 Å². The molecule has 0 aromatic carbocycles. The number of nitrogen functional groups attached to an aromatic ring is 2. The quantitative estimate of drug-likeness (QED) is 0.522. The lowest BCUT2D eigenvalue weighted by Crippen LogP contribution is -2.39. The molecule has 0 saturated heterocycles. The Labute approximate surface area is 106 Å². The molecule has 1 aromatic heterocycles. The standard InChI is InChI=1S/C11H19N5O2/c1-7(11(17)14-5-6-18-2)15-9-4-3-8(12)10(13)16-9/h3-4,7H,5-6,12H2,1-2H3,(H,14,17)(H3,13,15,16). The Bertz CT molecular complexity index is 410. The van der Waals surface area contributed by atoms with Gasteiger partial charge in [0.2, 0.25) is 5.91 Å². The molecule has 0 radical (unpaired) electrons. The number of methoxy groups -OCH3 is 1. The number of carbonyl (C=O) groups is 1. The molecule has 1 atom stereocenters. The van der Waals surface area contributed by atoms with Crippen LogP contribution in [0.25, 0.3) is 0 Å². The van der Waals surface area contributed by atoms with E-state index in [-0.39, 0.29) is 11.7 Å². The fourth-order valence-electron chi connectivity index (χ4n) is 1.28. The van der Waals surface area contributed by atoms with Crippen LogP contribution < -0.4 is 22.1 Å². The maximum Gasteiger partial charge on any atom is 0.242 e. The summed E-state index contributed by atoms with van der Waals surface area (Å²) in [7, 11) is 1.58. The number of rotatable bonds is 6. The summed E-state index contributed by atoms with van der Waals surface area (Å²) in [5.74, 6) is 0.618. The number of pyridine rings is 1. The Morgan fingerprint density at radius 2 is 2.22 bits per heavy atom. The van der Waals surface area contributed by atoms with Crippen molar-refractivity contribution in [2.75, 3.05) is 37.0 Å². The van der Waals surface area contributed by atoms with E-state index >= 15 is 0 Å². The molecule has 0 spiro atoms. The zero-order chi connectivity index (χ0) is 13.5. The van der Waals surface area contributed by atoms with E-state index in [1.807, 2.05) is 0 Å². The molecule has 0 aliphatic rings. The minimum Gasteiger partial charge on any atom is -0.396 e. The molecule has 100 valence electrons. The second kappa shape index (κ2) is 6.65. The molecular weight excluding hydrogens is 234 g/mol. The molecule has 6 N–H and O–H groups in total. The van der Waals surface area contributed by atoms with Crippen molar-refractivity contribution in [3.63, 3.8) is 0 Å². The number of ether oxygens (including phenoxy) is 1. The minimum atomic E-state index is -0.419. The van der Waals surface area contributed by atoms with E-state index < -0.39 is 6.04 Å². The second-order valence-electron chi connectivity index (χ2n) is 3.82. The number of nitrogens with zero attached hydrogens (tertiary/aromatic N) is 1. The fourth-order valence-corrected chi connectivity index (χ4v) is 1.28. The van der Waals surface area contributed by atoms with Crippen molar-refractivity contribution in [2.24, 2.45) is 0 Å². The number of hydrogen-bond acceptors (Lipinski definition) is 6. The summed E-state index contributed by atoms with van der Waals surface area (Å²) in [4.78, 5) is 15.7. The average Bonchev–Trinajstić information content (AvgIpc) is 2.34. The second-order valence-corrected chi connectivity index (χ2v) is 3.82. The minimum absolute atomic E-state index is 0.135. The van der Waals surface area contributed by atoms with E-state index in [1.165, 1.54) is 0 Å². The summed E-state index contributed by atoms with van der Waals surface area (Å²) in [6.45, 7) is 2.68. The Balaban J connectivity index is 2.50. The van der Waals surface area contributed by atoms with Gasteiger partial charge in [0.25, 0.3) is 0 Å². The molecule has 0 fully saturated rings. The van der Waals surface area contributed by atoms with Crippen molar-refractivity contribution in [2.45, 2.75) is 13.0 Å². The summed E-state index contributed by atoms with van der Waals surface area (Å²) in [5, 5.41) is 5.66. The fraction of sp³-hybridized carbons (Fsp3) is 0.455. The van der Waals surface area contributed by atoms with Crippen LogP contribution in [0.2, 0.25) is 0 Å². The average molecular weight is 253 g/mol. The van der Waals surface area contributed by atoms with Crippen molar-refractivity contribution in [3.05, 3.63) is 12.1 Å². The third kappa shape index (κ3) is 4.10. The molecule has 1 amide bonds. The molecule has 0 aliphatic carbocycles. The summed E-state index contributed by atoms with van der Waals surface area (Å²) in [6.07, 6.45) is 0. The van der Waals surface area contributed by atoms with Gasteiger partial charge in [-0.2, -0.15) is 0 Å². The number of amides is 1. The Kier molecular flexibility index (Phi) is 5.19. The molecule has 0 saturated carbocycles. The smallest absolute Gasteiger partial charge is 0.242 e. The number of aromatic nitrogens is 1. The highest BCUT2D eigenvalue weighted by Gasteiger charge is 2.12. The molecular formula is C11H19N5O2. The zero-order valence-corrected chi connectivity index (χ0v) is 10.6. The van der Waals surface area contributed by atoms with Crippen molar-refractivity contribution < 1.29 is 9.53 Å². The molecule has 1 rings (SSSR count). The van der Waals surface area contributed by atoms with Crippen molar-refractivity contribution in [1.29, 1.82) is 0 Å². The Hall–Kier alpha value is -2.02. The van der Waals surface area contributed by atoms with Gasteiger partial charge >= 0.3 is 0 Å². The van der Waals surface area contributed by atoms with E-state index in [4.69, 9.17) is 16.2 Å². The van der Waals surface area contributed by atoms with Gasteiger partial charge in [0.15, 0.2) is 0 Å². The van der Waals surface area contributed by atoms with E-state index in [1.54, 1.807) is 26.2 Å². The van der Waals surface area contributed by atoms with Gasteiger partial charge in [0, 0.05) is 13.7 Å². The van der Waals surface area contributed by atoms with E-state index in [9.17, 15) is 4.79 Å². The van der Waals surface area contributed by atoms with Crippen LogP contribution >= 0.6 is 0 Å². The van der Waals surface area contributed by atoms with Crippen LogP contribution in [0, 0.1) is 0 Å². The summed E-state index contributed by atoms with van der Waals surface area (Å²) >= 11 is 0. The summed E-state index contributed by atoms with van der Waals surface area (Å²) in [6, 6.07) is 2.89. The number of nitrogens with one attached hydrogen (secondary N) is 2. The van der Waals surface area contributed by atoms with Crippen LogP contribution in [0.1, 0.15) is 6.92 Å². The third-order valence-corrected chi connectivity index (χ3v) is 2.32. The molecule has 0 bridgehead atoms. The van der Waals surface area contributed by atoms with Crippen LogP contribution in [0.15, 0.2) is 12.1 Å². The van der Waals surface area contributed by atoms with Crippen molar-refractivity contribution in [3.8, 4) is 0 Å².